The van der Waals surface area contributed by atoms with E-state index in [4.69, 9.17) is 0 Å². The molecule has 0 atom stereocenters. The van der Waals surface area contributed by atoms with Crippen molar-refractivity contribution in [2.45, 2.75) is 13.0 Å². The molecule has 1 aromatic heterocycles. The summed E-state index contributed by atoms with van der Waals surface area (Å²) in [7, 11) is 0. The molecule has 28 heavy (non-hydrogen) atoms. The zero-order chi connectivity index (χ0) is 19.9. The maximum absolute atomic E-state index is 12.3. The SMILES string of the molecule is O=C(CCN1C(=O)S/C(=C/c2cccs2)C1=O)NC(=O)NCc1ccccc1. The van der Waals surface area contributed by atoms with Crippen molar-refractivity contribution < 1.29 is 19.2 Å². The predicted octanol–water partition coefficient (Wildman–Crippen LogP) is 3.20. The van der Waals surface area contributed by atoms with Gasteiger partial charge >= 0.3 is 6.03 Å². The van der Waals surface area contributed by atoms with E-state index in [1.807, 2.05) is 47.8 Å². The molecule has 1 fully saturated rings. The smallest absolute Gasteiger partial charge is 0.321 e. The topological polar surface area (TPSA) is 95.6 Å². The fourth-order valence-electron chi connectivity index (χ4n) is 2.42. The molecule has 1 aromatic carbocycles. The van der Waals surface area contributed by atoms with E-state index in [1.165, 1.54) is 11.3 Å². The van der Waals surface area contributed by atoms with Gasteiger partial charge in [0.1, 0.15) is 0 Å². The lowest BCUT2D eigenvalue weighted by Crippen LogP contribution is -2.41. The molecule has 2 aromatic rings. The molecule has 1 saturated heterocycles. The number of benzene rings is 1. The number of thiophene rings is 1. The summed E-state index contributed by atoms with van der Waals surface area (Å²) in [5.41, 5.74) is 0.903. The molecule has 9 heteroatoms. The molecular weight excluding hydrogens is 398 g/mol. The quantitative estimate of drug-likeness (QED) is 0.707. The maximum atomic E-state index is 12.3. The number of nitrogens with zero attached hydrogens (tertiary/aromatic N) is 1. The second-order valence-electron chi connectivity index (χ2n) is 5.82. The second kappa shape index (κ2) is 9.34. The van der Waals surface area contributed by atoms with E-state index in [-0.39, 0.29) is 19.5 Å². The van der Waals surface area contributed by atoms with Gasteiger partial charge in [-0.1, -0.05) is 36.4 Å². The molecule has 144 valence electrons. The zero-order valence-electron chi connectivity index (χ0n) is 14.7. The Morgan fingerprint density at radius 1 is 1.07 bits per heavy atom. The molecule has 0 saturated carbocycles. The number of carbonyl (C=O) groups excluding carboxylic acids is 4. The van der Waals surface area contributed by atoms with Crippen LogP contribution in [0.25, 0.3) is 6.08 Å². The highest BCUT2D eigenvalue weighted by atomic mass is 32.2. The number of urea groups is 1. The van der Waals surface area contributed by atoms with Crippen LogP contribution in [0.1, 0.15) is 16.9 Å². The molecule has 0 bridgehead atoms. The first-order valence-electron chi connectivity index (χ1n) is 8.43. The van der Waals surface area contributed by atoms with E-state index in [1.54, 1.807) is 6.08 Å². The zero-order valence-corrected chi connectivity index (χ0v) is 16.3. The molecule has 2 heterocycles. The van der Waals surface area contributed by atoms with Crippen molar-refractivity contribution >= 4 is 52.3 Å². The van der Waals surface area contributed by atoms with Crippen molar-refractivity contribution in [3.63, 3.8) is 0 Å². The van der Waals surface area contributed by atoms with Gasteiger partial charge < -0.3 is 5.32 Å². The Labute approximate surface area is 169 Å². The summed E-state index contributed by atoms with van der Waals surface area (Å²) >= 11 is 2.31. The molecule has 7 nitrogen and oxygen atoms in total. The third-order valence-electron chi connectivity index (χ3n) is 3.80. The number of rotatable bonds is 6. The number of carbonyl (C=O) groups is 4. The number of hydrogen-bond acceptors (Lipinski definition) is 6. The third-order valence-corrected chi connectivity index (χ3v) is 5.53. The van der Waals surface area contributed by atoms with Crippen LogP contribution in [0.15, 0.2) is 52.7 Å². The van der Waals surface area contributed by atoms with Crippen LogP contribution in [0.2, 0.25) is 0 Å². The summed E-state index contributed by atoms with van der Waals surface area (Å²) in [5.74, 6) is -0.989. The highest BCUT2D eigenvalue weighted by molar-refractivity contribution is 8.18. The summed E-state index contributed by atoms with van der Waals surface area (Å²) in [4.78, 5) is 50.3. The molecule has 1 aliphatic rings. The van der Waals surface area contributed by atoms with E-state index in [0.29, 0.717) is 4.91 Å². The van der Waals surface area contributed by atoms with Crippen LogP contribution in [-0.4, -0.2) is 34.5 Å². The average molecular weight is 415 g/mol. The van der Waals surface area contributed by atoms with Gasteiger partial charge in [-0.3, -0.25) is 24.6 Å². The average Bonchev–Trinajstić information content (AvgIpc) is 3.28. The van der Waals surface area contributed by atoms with Crippen LogP contribution in [0.4, 0.5) is 9.59 Å². The van der Waals surface area contributed by atoms with Crippen molar-refractivity contribution in [1.82, 2.24) is 15.5 Å². The van der Waals surface area contributed by atoms with Crippen LogP contribution in [0.3, 0.4) is 0 Å². The first kappa shape index (κ1) is 19.8. The van der Waals surface area contributed by atoms with Crippen LogP contribution in [0.5, 0.6) is 0 Å². The van der Waals surface area contributed by atoms with E-state index in [0.717, 1.165) is 27.1 Å². The Balaban J connectivity index is 1.45. The first-order valence-corrected chi connectivity index (χ1v) is 10.1. The van der Waals surface area contributed by atoms with Crippen LogP contribution in [-0.2, 0) is 16.1 Å². The van der Waals surface area contributed by atoms with Crippen molar-refractivity contribution in [1.29, 1.82) is 0 Å². The van der Waals surface area contributed by atoms with Gasteiger partial charge in [-0.2, -0.15) is 0 Å². The largest absolute Gasteiger partial charge is 0.334 e. The molecule has 1 aliphatic heterocycles. The van der Waals surface area contributed by atoms with Crippen LogP contribution < -0.4 is 10.6 Å². The van der Waals surface area contributed by atoms with Crippen molar-refractivity contribution in [3.8, 4) is 0 Å². The van der Waals surface area contributed by atoms with Crippen molar-refractivity contribution in [2.24, 2.45) is 0 Å². The Bertz CT molecular complexity index is 911. The van der Waals surface area contributed by atoms with Gasteiger partial charge in [0.25, 0.3) is 11.1 Å². The number of amides is 5. The number of nitrogens with one attached hydrogen (secondary N) is 2. The van der Waals surface area contributed by atoms with E-state index >= 15 is 0 Å². The van der Waals surface area contributed by atoms with E-state index < -0.39 is 23.1 Å². The normalized spacial score (nSPS) is 15.1. The number of imide groups is 2. The fraction of sp³-hybridized carbons (Fsp3) is 0.158. The van der Waals surface area contributed by atoms with Crippen LogP contribution in [0, 0.1) is 0 Å². The van der Waals surface area contributed by atoms with Crippen molar-refractivity contribution in [2.75, 3.05) is 6.54 Å². The van der Waals surface area contributed by atoms with Crippen LogP contribution >= 0.6 is 23.1 Å². The fourth-order valence-corrected chi connectivity index (χ4v) is 4.01. The van der Waals surface area contributed by atoms with Gasteiger partial charge in [0.15, 0.2) is 0 Å². The number of hydrogen-bond donors (Lipinski definition) is 2. The summed E-state index contributed by atoms with van der Waals surface area (Å²) in [6.07, 6.45) is 1.51. The second-order valence-corrected chi connectivity index (χ2v) is 7.79. The Hall–Kier alpha value is -2.91. The Morgan fingerprint density at radius 3 is 2.57 bits per heavy atom. The number of thioether (sulfide) groups is 1. The molecule has 0 aliphatic carbocycles. The summed E-state index contributed by atoms with van der Waals surface area (Å²) in [5, 5.41) is 6.23. The van der Waals surface area contributed by atoms with Gasteiger partial charge in [-0.25, -0.2) is 4.79 Å². The Morgan fingerprint density at radius 2 is 1.86 bits per heavy atom. The standard InChI is InChI=1S/C19H17N3O4S2/c23-16(21-18(25)20-12-13-5-2-1-3-6-13)8-9-22-17(24)15(28-19(22)26)11-14-7-4-10-27-14/h1-7,10-11H,8-9,12H2,(H2,20,21,23,25)/b15-11+. The third kappa shape index (κ3) is 5.30. The Kier molecular flexibility index (Phi) is 6.62. The summed E-state index contributed by atoms with van der Waals surface area (Å²) in [6, 6.07) is 12.4. The molecule has 2 N–H and O–H groups in total. The molecule has 3 rings (SSSR count). The van der Waals surface area contributed by atoms with Gasteiger partial charge in [-0.15, -0.1) is 11.3 Å². The molecule has 0 unspecified atom stereocenters. The molecule has 0 radical (unpaired) electrons. The minimum absolute atomic E-state index is 0.0791. The lowest BCUT2D eigenvalue weighted by molar-refractivity contribution is -0.123. The van der Waals surface area contributed by atoms with Gasteiger partial charge in [-0.05, 0) is 34.8 Å². The lowest BCUT2D eigenvalue weighted by Gasteiger charge is -2.12. The van der Waals surface area contributed by atoms with Gasteiger partial charge in [0, 0.05) is 24.4 Å². The van der Waals surface area contributed by atoms with Gasteiger partial charge in [0.2, 0.25) is 5.91 Å². The summed E-state index contributed by atoms with van der Waals surface area (Å²) in [6.45, 7) is 0.209. The predicted molar refractivity (Wildman–Crippen MR) is 108 cm³/mol. The van der Waals surface area contributed by atoms with Crippen molar-refractivity contribution in [3.05, 3.63) is 63.2 Å². The summed E-state index contributed by atoms with van der Waals surface area (Å²) < 4.78 is 0. The minimum atomic E-state index is -0.624. The molecular formula is C19H17N3O4S2. The minimum Gasteiger partial charge on any atom is -0.334 e. The monoisotopic (exact) mass is 415 g/mol. The highest BCUT2D eigenvalue weighted by Crippen LogP contribution is 2.32. The maximum Gasteiger partial charge on any atom is 0.321 e. The van der Waals surface area contributed by atoms with Gasteiger partial charge in [0.05, 0.1) is 4.91 Å². The van der Waals surface area contributed by atoms with E-state index in [2.05, 4.69) is 10.6 Å². The molecule has 5 amide bonds. The highest BCUT2D eigenvalue weighted by Gasteiger charge is 2.35. The van der Waals surface area contributed by atoms with E-state index in [9.17, 15) is 19.2 Å². The molecule has 0 spiro atoms. The first-order chi connectivity index (χ1) is 13.5. The lowest BCUT2D eigenvalue weighted by atomic mass is 10.2.